The van der Waals surface area contributed by atoms with E-state index >= 15 is 0 Å². The smallest absolute Gasteiger partial charge is 0.223 e. The fraction of sp³-hybridized carbons (Fsp3) is 0.714. The summed E-state index contributed by atoms with van der Waals surface area (Å²) in [5.74, 6) is -0.949. The first kappa shape index (κ1) is 19.9. The number of nitrogens with one attached hydrogen (secondary N) is 2. The van der Waals surface area contributed by atoms with Crippen molar-refractivity contribution in [3.05, 3.63) is 0 Å². The predicted molar refractivity (Wildman–Crippen MR) is 81.6 cm³/mol. The minimum absolute atomic E-state index is 0.0159. The number of rotatable bonds is 11. The highest BCUT2D eigenvalue weighted by molar-refractivity contribution is 5.83. The number of carbonyl (C=O) groups is 4. The molecule has 0 rings (SSSR count). The average Bonchev–Trinajstić information content (AvgIpc) is 2.50. The number of hydrogen-bond donors (Lipinski definition) is 3. The van der Waals surface area contributed by atoms with Crippen LogP contribution in [0.25, 0.3) is 0 Å². The molecule has 0 aliphatic rings. The zero-order chi connectivity index (χ0) is 17.0. The second-order valence-electron chi connectivity index (χ2n) is 4.75. The first-order chi connectivity index (χ1) is 10.4. The van der Waals surface area contributed by atoms with Crippen LogP contribution in [0.4, 0.5) is 0 Å². The normalized spacial score (nSPS) is 9.91. The van der Waals surface area contributed by atoms with Crippen molar-refractivity contribution in [2.75, 3.05) is 26.2 Å². The minimum atomic E-state index is -0.535. The van der Waals surface area contributed by atoms with E-state index in [-0.39, 0.29) is 30.6 Å². The maximum absolute atomic E-state index is 12.0. The molecule has 0 unspecified atom stereocenters. The summed E-state index contributed by atoms with van der Waals surface area (Å²) in [6.07, 6.45) is 0.765. The van der Waals surface area contributed by atoms with Crippen LogP contribution in [-0.2, 0) is 19.2 Å². The number of primary amides is 1. The van der Waals surface area contributed by atoms with Gasteiger partial charge in [-0.25, -0.2) is 0 Å². The molecule has 0 aromatic carbocycles. The summed E-state index contributed by atoms with van der Waals surface area (Å²) in [6.45, 7) is 4.79. The van der Waals surface area contributed by atoms with Gasteiger partial charge in [0.25, 0.3) is 0 Å². The molecule has 4 N–H and O–H groups in total. The van der Waals surface area contributed by atoms with E-state index in [0.29, 0.717) is 39.0 Å². The zero-order valence-corrected chi connectivity index (χ0v) is 13.3. The van der Waals surface area contributed by atoms with Crippen LogP contribution in [-0.4, -0.2) is 54.7 Å². The lowest BCUT2D eigenvalue weighted by Crippen LogP contribution is -2.42. The summed E-state index contributed by atoms with van der Waals surface area (Å²) < 4.78 is 0. The molecule has 0 heterocycles. The number of hydrogen-bond acceptors (Lipinski definition) is 4. The quantitative estimate of drug-likeness (QED) is 0.459. The SMILES string of the molecule is CCC(=O)NCCN(CCNC(=O)CC)C(=O)CCC(N)=O. The highest BCUT2D eigenvalue weighted by Crippen LogP contribution is 1.97. The number of nitrogens with zero attached hydrogens (tertiary/aromatic N) is 1. The van der Waals surface area contributed by atoms with Crippen LogP contribution < -0.4 is 16.4 Å². The molecule has 0 aromatic heterocycles. The van der Waals surface area contributed by atoms with Crippen LogP contribution in [0, 0.1) is 0 Å². The van der Waals surface area contributed by atoms with Gasteiger partial charge in [0.05, 0.1) is 0 Å². The second-order valence-corrected chi connectivity index (χ2v) is 4.75. The van der Waals surface area contributed by atoms with Gasteiger partial charge in [0, 0.05) is 51.9 Å². The molecule has 0 radical (unpaired) electrons. The van der Waals surface area contributed by atoms with Crippen molar-refractivity contribution < 1.29 is 19.2 Å². The van der Waals surface area contributed by atoms with E-state index in [1.54, 1.807) is 13.8 Å². The molecule has 126 valence electrons. The number of nitrogens with two attached hydrogens (primary N) is 1. The van der Waals surface area contributed by atoms with Crippen LogP contribution in [0.1, 0.15) is 39.5 Å². The highest BCUT2D eigenvalue weighted by atomic mass is 16.2. The molecule has 0 saturated heterocycles. The molecule has 0 atom stereocenters. The van der Waals surface area contributed by atoms with Gasteiger partial charge < -0.3 is 21.3 Å². The third kappa shape index (κ3) is 9.73. The van der Waals surface area contributed by atoms with Crippen molar-refractivity contribution in [1.29, 1.82) is 0 Å². The van der Waals surface area contributed by atoms with Gasteiger partial charge in [-0.05, 0) is 0 Å². The van der Waals surface area contributed by atoms with Gasteiger partial charge in [0.15, 0.2) is 0 Å². The Labute approximate surface area is 130 Å². The van der Waals surface area contributed by atoms with Crippen molar-refractivity contribution in [3.63, 3.8) is 0 Å². The molecule has 0 saturated carbocycles. The van der Waals surface area contributed by atoms with E-state index in [1.165, 1.54) is 4.90 Å². The highest BCUT2D eigenvalue weighted by Gasteiger charge is 2.14. The summed E-state index contributed by atoms with van der Waals surface area (Å²) in [6, 6.07) is 0. The van der Waals surface area contributed by atoms with Crippen LogP contribution in [0.3, 0.4) is 0 Å². The maximum atomic E-state index is 12.0. The van der Waals surface area contributed by atoms with Crippen molar-refractivity contribution in [1.82, 2.24) is 15.5 Å². The molecular formula is C14H26N4O4. The van der Waals surface area contributed by atoms with Gasteiger partial charge in [-0.15, -0.1) is 0 Å². The van der Waals surface area contributed by atoms with Gasteiger partial charge >= 0.3 is 0 Å². The van der Waals surface area contributed by atoms with E-state index in [2.05, 4.69) is 10.6 Å². The monoisotopic (exact) mass is 314 g/mol. The summed E-state index contributed by atoms with van der Waals surface area (Å²) in [5, 5.41) is 5.36. The Balaban J connectivity index is 4.34. The zero-order valence-electron chi connectivity index (χ0n) is 13.3. The van der Waals surface area contributed by atoms with E-state index in [0.717, 1.165) is 0 Å². The van der Waals surface area contributed by atoms with Crippen LogP contribution in [0.5, 0.6) is 0 Å². The molecule has 0 bridgehead atoms. The van der Waals surface area contributed by atoms with Gasteiger partial charge in [-0.3, -0.25) is 19.2 Å². The Morgan fingerprint density at radius 3 is 1.68 bits per heavy atom. The Morgan fingerprint density at radius 2 is 1.32 bits per heavy atom. The van der Waals surface area contributed by atoms with Crippen molar-refractivity contribution in [2.24, 2.45) is 5.73 Å². The van der Waals surface area contributed by atoms with Gasteiger partial charge in [-0.2, -0.15) is 0 Å². The fourth-order valence-electron chi connectivity index (χ4n) is 1.66. The third-order valence-corrected chi connectivity index (χ3v) is 2.99. The van der Waals surface area contributed by atoms with Gasteiger partial charge in [-0.1, -0.05) is 13.8 Å². The van der Waals surface area contributed by atoms with Crippen LogP contribution >= 0.6 is 0 Å². The van der Waals surface area contributed by atoms with E-state index < -0.39 is 5.91 Å². The van der Waals surface area contributed by atoms with Crippen LogP contribution in [0.2, 0.25) is 0 Å². The van der Waals surface area contributed by atoms with Crippen molar-refractivity contribution >= 4 is 23.6 Å². The number of amides is 4. The van der Waals surface area contributed by atoms with E-state index in [9.17, 15) is 19.2 Å². The molecule has 0 aliphatic heterocycles. The third-order valence-electron chi connectivity index (χ3n) is 2.99. The second kappa shape index (κ2) is 11.5. The fourth-order valence-corrected chi connectivity index (χ4v) is 1.66. The summed E-state index contributed by atoms with van der Waals surface area (Å²) in [7, 11) is 0. The number of carbonyl (C=O) groups excluding carboxylic acids is 4. The average molecular weight is 314 g/mol. The van der Waals surface area contributed by atoms with Crippen molar-refractivity contribution in [3.8, 4) is 0 Å². The Kier molecular flexibility index (Phi) is 10.4. The topological polar surface area (TPSA) is 122 Å². The molecule has 0 aliphatic carbocycles. The lowest BCUT2D eigenvalue weighted by molar-refractivity contribution is -0.133. The van der Waals surface area contributed by atoms with Crippen molar-refractivity contribution in [2.45, 2.75) is 39.5 Å². The maximum Gasteiger partial charge on any atom is 0.223 e. The summed E-state index contributed by atoms with van der Waals surface area (Å²) in [5.41, 5.74) is 5.03. The van der Waals surface area contributed by atoms with E-state index in [1.807, 2.05) is 0 Å². The summed E-state index contributed by atoms with van der Waals surface area (Å²) in [4.78, 5) is 46.7. The first-order valence-corrected chi connectivity index (χ1v) is 7.50. The predicted octanol–water partition coefficient (Wildman–Crippen LogP) is -0.867. The minimum Gasteiger partial charge on any atom is -0.370 e. The Hall–Kier alpha value is -2.12. The molecule has 8 heteroatoms. The Morgan fingerprint density at radius 1 is 0.864 bits per heavy atom. The Bertz CT molecular complexity index is 376. The molecule has 8 nitrogen and oxygen atoms in total. The standard InChI is InChI=1S/C14H26N4O4/c1-3-12(20)16-7-9-18(10-8-17-13(21)4-2)14(22)6-5-11(15)19/h3-10H2,1-2H3,(H2,15,19)(H,16,20)(H,17,21). The molecule has 4 amide bonds. The summed E-state index contributed by atoms with van der Waals surface area (Å²) >= 11 is 0. The first-order valence-electron chi connectivity index (χ1n) is 7.50. The van der Waals surface area contributed by atoms with Gasteiger partial charge in [0.2, 0.25) is 23.6 Å². The molecule has 0 aromatic rings. The van der Waals surface area contributed by atoms with E-state index in [4.69, 9.17) is 5.73 Å². The van der Waals surface area contributed by atoms with Crippen LogP contribution in [0.15, 0.2) is 0 Å². The lowest BCUT2D eigenvalue weighted by atomic mass is 10.2. The molecule has 0 fully saturated rings. The largest absolute Gasteiger partial charge is 0.370 e. The lowest BCUT2D eigenvalue weighted by Gasteiger charge is -2.23. The molecule has 0 spiro atoms. The molecular weight excluding hydrogens is 288 g/mol. The van der Waals surface area contributed by atoms with Gasteiger partial charge in [0.1, 0.15) is 0 Å². The molecule has 22 heavy (non-hydrogen) atoms.